The summed E-state index contributed by atoms with van der Waals surface area (Å²) in [6.07, 6.45) is 2.11. The molecule has 0 N–H and O–H groups in total. The number of carbonyl (C=O) groups is 2. The topological polar surface area (TPSA) is 98.7 Å². The van der Waals surface area contributed by atoms with Crippen molar-refractivity contribution in [2.24, 2.45) is 11.8 Å². The van der Waals surface area contributed by atoms with Gasteiger partial charge in [0.2, 0.25) is 0 Å². The van der Waals surface area contributed by atoms with E-state index in [2.05, 4.69) is 27.7 Å². The zero-order valence-electron chi connectivity index (χ0n) is 16.7. The molecular weight excluding hydrogens is 403 g/mol. The summed E-state index contributed by atoms with van der Waals surface area (Å²) in [5, 5.41) is 20.0. The summed E-state index contributed by atoms with van der Waals surface area (Å²) in [6.45, 7) is 15.7. The number of hydrogen-bond donors (Lipinski definition) is 0. The first-order valence-electron chi connectivity index (χ1n) is 8.08. The van der Waals surface area contributed by atoms with Crippen LogP contribution >= 0.6 is 0 Å². The molecule has 0 saturated heterocycles. The first-order chi connectivity index (χ1) is 11.4. The van der Waals surface area contributed by atoms with E-state index < -0.39 is 24.1 Å². The minimum atomic E-state index is -0.924. The Morgan fingerprint density at radius 2 is 1.08 bits per heavy atom. The average molecular weight is 436 g/mol. The van der Waals surface area contributed by atoms with Crippen LogP contribution in [0.15, 0.2) is 23.7 Å². The van der Waals surface area contributed by atoms with Crippen LogP contribution < -0.4 is 10.2 Å². The molecule has 0 heterocycles. The van der Waals surface area contributed by atoms with Gasteiger partial charge >= 0.3 is 82.5 Å². The molecular formula is C18H32O6Zr. The molecule has 0 rings (SSSR count). The van der Waals surface area contributed by atoms with Gasteiger partial charge in [0.25, 0.3) is 0 Å². The van der Waals surface area contributed by atoms with Gasteiger partial charge in [0.1, 0.15) is 0 Å². The molecule has 0 atom stereocenters. The predicted octanol–water partition coefficient (Wildman–Crippen LogP) is 1.92. The Balaban J connectivity index is -0.000000304. The van der Waals surface area contributed by atoms with Crippen molar-refractivity contribution in [1.29, 1.82) is 0 Å². The van der Waals surface area contributed by atoms with Crippen molar-refractivity contribution >= 4 is 11.6 Å². The zero-order valence-corrected chi connectivity index (χ0v) is 19.1. The van der Waals surface area contributed by atoms with E-state index in [0.29, 0.717) is 11.8 Å². The van der Waals surface area contributed by atoms with E-state index >= 15 is 0 Å². The maximum absolute atomic E-state index is 9.98. The summed E-state index contributed by atoms with van der Waals surface area (Å²) in [5.41, 5.74) is 0. The summed E-state index contributed by atoms with van der Waals surface area (Å²) in [7, 11) is 0. The van der Waals surface area contributed by atoms with E-state index in [9.17, 15) is 19.8 Å². The third-order valence-electron chi connectivity index (χ3n) is 1.76. The third-order valence-corrected chi connectivity index (χ3v) is 3.16. The fourth-order valence-electron chi connectivity index (χ4n) is 1.02. The second kappa shape index (κ2) is 19.5. The van der Waals surface area contributed by atoms with E-state index in [4.69, 9.17) is 5.63 Å². The summed E-state index contributed by atoms with van der Waals surface area (Å²) in [6, 6.07) is 0. The first kappa shape index (κ1) is 29.0. The molecule has 0 saturated carbocycles. The molecule has 0 spiro atoms. The molecule has 0 aromatic carbocycles. The van der Waals surface area contributed by atoms with Gasteiger partial charge in [-0.1, -0.05) is 13.8 Å². The zero-order chi connectivity index (χ0) is 20.4. The second-order valence-corrected chi connectivity index (χ2v) is 8.05. The Morgan fingerprint density at radius 1 is 0.800 bits per heavy atom. The Kier molecular flexibility index (Phi) is 22.7. The van der Waals surface area contributed by atoms with E-state index in [1.54, 1.807) is 0 Å². The molecule has 6 nitrogen and oxygen atoms in total. The van der Waals surface area contributed by atoms with Crippen LogP contribution in [0.3, 0.4) is 0 Å². The molecule has 0 unspecified atom stereocenters. The van der Waals surface area contributed by atoms with Crippen molar-refractivity contribution in [2.45, 2.75) is 55.4 Å². The van der Waals surface area contributed by atoms with Crippen molar-refractivity contribution < 1.29 is 49.5 Å². The number of carbonyl (C=O) groups excluding carboxylic acids is 2. The van der Waals surface area contributed by atoms with Crippen LogP contribution in [0.1, 0.15) is 55.4 Å². The molecule has 7 heteroatoms. The fourth-order valence-corrected chi connectivity index (χ4v) is 3.19. The standard InChI is InChI=1S/2C5H8O2.2C4H9O.Zr/c2*1-4(6)3-5(2)7;2*1-4(2)3-5;/h2*3,6H,1-2H3;2*4H,3H2,1-2H3;/q;;2*-1;+4/p-2/b2*4-3-;;;. The van der Waals surface area contributed by atoms with Gasteiger partial charge in [-0.2, -0.15) is 0 Å². The molecule has 0 radical (unpaired) electrons. The fraction of sp³-hybridized carbons (Fsp3) is 0.667. The summed E-state index contributed by atoms with van der Waals surface area (Å²) in [5.74, 6) is 0.525. The summed E-state index contributed by atoms with van der Waals surface area (Å²) in [4.78, 5) is 20.0. The van der Waals surface area contributed by atoms with Gasteiger partial charge in [-0.25, -0.2) is 0 Å². The van der Waals surface area contributed by atoms with Crippen LogP contribution in [0.25, 0.3) is 0 Å². The molecule has 0 amide bonds. The number of hydrogen-bond acceptors (Lipinski definition) is 6. The van der Waals surface area contributed by atoms with Crippen LogP contribution in [0, 0.1) is 11.8 Å². The number of rotatable bonds is 8. The molecule has 0 aliphatic rings. The molecule has 25 heavy (non-hydrogen) atoms. The van der Waals surface area contributed by atoms with Gasteiger partial charge in [0.15, 0.2) is 11.6 Å². The Labute approximate surface area is 165 Å². The van der Waals surface area contributed by atoms with Gasteiger partial charge in [-0.15, -0.1) is 11.5 Å². The summed E-state index contributed by atoms with van der Waals surface area (Å²) < 4.78 is 10.8. The monoisotopic (exact) mass is 434 g/mol. The second-order valence-electron chi connectivity index (χ2n) is 6.22. The van der Waals surface area contributed by atoms with Crippen molar-refractivity contribution in [3.8, 4) is 0 Å². The molecule has 0 aromatic heterocycles. The van der Waals surface area contributed by atoms with Crippen LogP contribution in [0.5, 0.6) is 0 Å². The maximum atomic E-state index is 9.98. The molecule has 0 aliphatic carbocycles. The predicted molar refractivity (Wildman–Crippen MR) is 90.5 cm³/mol. The van der Waals surface area contributed by atoms with E-state index in [1.807, 2.05) is 0 Å². The number of allylic oxidation sites excluding steroid dienone is 4. The van der Waals surface area contributed by atoms with Crippen molar-refractivity contribution in [3.63, 3.8) is 0 Å². The van der Waals surface area contributed by atoms with Crippen molar-refractivity contribution in [1.82, 2.24) is 0 Å². The molecule has 0 bridgehead atoms. The summed E-state index contributed by atoms with van der Waals surface area (Å²) >= 11 is -0.924. The molecule has 0 aromatic rings. The normalized spacial score (nSPS) is 11.1. The van der Waals surface area contributed by atoms with Gasteiger partial charge in [0.05, 0.1) is 0 Å². The van der Waals surface area contributed by atoms with Gasteiger partial charge in [-0.05, 0) is 26.0 Å². The Morgan fingerprint density at radius 3 is 1.20 bits per heavy atom. The SMILES string of the molecule is CC(=O)/C=C(/C)[O-].CC(=O)/C=C(/C)[O-].CC(C)C[O][Zr+2][O]CC(C)C. The van der Waals surface area contributed by atoms with E-state index in [1.165, 1.54) is 27.7 Å². The van der Waals surface area contributed by atoms with E-state index in [0.717, 1.165) is 25.4 Å². The van der Waals surface area contributed by atoms with Crippen LogP contribution in [-0.4, -0.2) is 24.8 Å². The van der Waals surface area contributed by atoms with E-state index in [-0.39, 0.29) is 23.1 Å². The first-order valence-corrected chi connectivity index (χ1v) is 10.1. The van der Waals surface area contributed by atoms with Crippen LogP contribution in [-0.2, 0) is 39.3 Å². The third kappa shape index (κ3) is 45.1. The quantitative estimate of drug-likeness (QED) is 0.328. The van der Waals surface area contributed by atoms with Gasteiger partial charge in [-0.3, -0.25) is 9.59 Å². The van der Waals surface area contributed by atoms with Crippen molar-refractivity contribution in [3.05, 3.63) is 23.7 Å². The molecule has 0 fully saturated rings. The van der Waals surface area contributed by atoms with Gasteiger partial charge in [0, 0.05) is 0 Å². The minimum absolute atomic E-state index is 0.187. The van der Waals surface area contributed by atoms with Crippen LogP contribution in [0.4, 0.5) is 0 Å². The van der Waals surface area contributed by atoms with Crippen molar-refractivity contribution in [2.75, 3.05) is 13.2 Å². The Hall–Kier alpha value is -0.777. The van der Waals surface area contributed by atoms with Gasteiger partial charge < -0.3 is 10.2 Å². The van der Waals surface area contributed by atoms with Crippen LogP contribution in [0.2, 0.25) is 0 Å². The average Bonchev–Trinajstić information content (AvgIpc) is 2.35. The molecule has 144 valence electrons. The Bertz CT molecular complexity index is 368. The molecule has 0 aliphatic heterocycles. The number of ketones is 2.